The van der Waals surface area contributed by atoms with Crippen molar-refractivity contribution in [2.24, 2.45) is 0 Å². The molecule has 0 spiro atoms. The number of halogens is 3. The second kappa shape index (κ2) is 5.76. The Morgan fingerprint density at radius 1 is 1.30 bits per heavy atom. The van der Waals surface area contributed by atoms with Crippen LogP contribution in [0.5, 0.6) is 5.75 Å². The highest BCUT2D eigenvalue weighted by Gasteiger charge is 2.12. The van der Waals surface area contributed by atoms with E-state index in [9.17, 15) is 17.2 Å². The van der Waals surface area contributed by atoms with E-state index in [-0.39, 0.29) is 17.3 Å². The first-order chi connectivity index (χ1) is 9.38. The summed E-state index contributed by atoms with van der Waals surface area (Å²) in [7, 11) is 1.36. The van der Waals surface area contributed by atoms with Crippen molar-refractivity contribution in [1.82, 2.24) is 9.55 Å². The molecule has 1 heterocycles. The van der Waals surface area contributed by atoms with Crippen LogP contribution in [0.3, 0.4) is 0 Å². The molecule has 0 saturated carbocycles. The Bertz CT molecular complexity index is 686. The van der Waals surface area contributed by atoms with Crippen LogP contribution in [0.25, 0.3) is 0 Å². The molecule has 0 aliphatic carbocycles. The van der Waals surface area contributed by atoms with Crippen LogP contribution in [-0.2, 0) is 15.7 Å². The molecule has 0 aliphatic heterocycles. The zero-order chi connectivity index (χ0) is 14.8. The lowest BCUT2D eigenvalue weighted by atomic mass is 10.3. The van der Waals surface area contributed by atoms with Gasteiger partial charge in [-0.25, -0.2) is 13.4 Å². The second-order valence-electron chi connectivity index (χ2n) is 3.73. The van der Waals surface area contributed by atoms with E-state index in [4.69, 9.17) is 15.4 Å². The Hall–Kier alpha value is -1.67. The van der Waals surface area contributed by atoms with Crippen LogP contribution >= 0.6 is 10.7 Å². The second-order valence-corrected chi connectivity index (χ2v) is 6.29. The van der Waals surface area contributed by atoms with Crippen molar-refractivity contribution in [2.75, 3.05) is 0 Å². The van der Waals surface area contributed by atoms with Gasteiger partial charge >= 0.3 is 6.55 Å². The Labute approximate surface area is 118 Å². The average Bonchev–Trinajstić information content (AvgIpc) is 2.84. The summed E-state index contributed by atoms with van der Waals surface area (Å²) in [6.45, 7) is -2.86. The number of aromatic nitrogens is 2. The summed E-state index contributed by atoms with van der Waals surface area (Å²) in [5, 5.41) is 0. The fourth-order valence-corrected chi connectivity index (χ4v) is 2.25. The van der Waals surface area contributed by atoms with E-state index < -0.39 is 15.6 Å². The summed E-state index contributed by atoms with van der Waals surface area (Å²) in [6, 6.07) is 5.28. The van der Waals surface area contributed by atoms with Gasteiger partial charge in [0.1, 0.15) is 12.4 Å². The monoisotopic (exact) mass is 322 g/mol. The quantitative estimate of drug-likeness (QED) is 0.794. The molecule has 0 N–H and O–H groups in total. The van der Waals surface area contributed by atoms with Crippen molar-refractivity contribution in [3.63, 3.8) is 0 Å². The number of hydrogen-bond donors (Lipinski definition) is 0. The molecule has 2 rings (SSSR count). The van der Waals surface area contributed by atoms with Gasteiger partial charge in [0, 0.05) is 23.1 Å². The number of alkyl halides is 2. The van der Waals surface area contributed by atoms with E-state index in [0.29, 0.717) is 10.3 Å². The van der Waals surface area contributed by atoms with Crippen molar-refractivity contribution >= 4 is 19.7 Å². The van der Waals surface area contributed by atoms with Crippen LogP contribution in [0.1, 0.15) is 12.4 Å². The molecule has 9 heteroatoms. The third-order valence-corrected chi connectivity index (χ3v) is 3.80. The summed E-state index contributed by atoms with van der Waals surface area (Å²) >= 11 is 0. The summed E-state index contributed by atoms with van der Waals surface area (Å²) in [4.78, 5) is 3.68. The molecule has 0 radical (unpaired) electrons. The topological polar surface area (TPSA) is 61.2 Å². The summed E-state index contributed by atoms with van der Waals surface area (Å²) in [5.41, 5.74) is 0. The fourth-order valence-electron chi connectivity index (χ4n) is 1.48. The molecule has 1 aromatic heterocycles. The molecule has 108 valence electrons. The first-order valence-electron chi connectivity index (χ1n) is 5.35. The molecule has 0 amide bonds. The largest absolute Gasteiger partial charge is 0.486 e. The van der Waals surface area contributed by atoms with Gasteiger partial charge in [-0.05, 0) is 24.3 Å². The molecule has 5 nitrogen and oxygen atoms in total. The maximum Gasteiger partial charge on any atom is 0.320 e. The van der Waals surface area contributed by atoms with Gasteiger partial charge in [-0.15, -0.1) is 0 Å². The van der Waals surface area contributed by atoms with Crippen LogP contribution in [0.15, 0.2) is 41.6 Å². The minimum absolute atomic E-state index is 0.0639. The summed E-state index contributed by atoms with van der Waals surface area (Å²) < 4.78 is 53.1. The molecule has 0 aliphatic rings. The van der Waals surface area contributed by atoms with E-state index in [1.54, 1.807) is 0 Å². The maximum absolute atomic E-state index is 12.6. The minimum Gasteiger partial charge on any atom is -0.486 e. The molecule has 0 saturated heterocycles. The lowest BCUT2D eigenvalue weighted by molar-refractivity contribution is 0.0632. The highest BCUT2D eigenvalue weighted by molar-refractivity contribution is 8.13. The summed E-state index contributed by atoms with van der Waals surface area (Å²) in [5.74, 6) is 0.381. The molecule has 2 aromatic rings. The smallest absolute Gasteiger partial charge is 0.320 e. The van der Waals surface area contributed by atoms with Crippen molar-refractivity contribution in [1.29, 1.82) is 0 Å². The van der Waals surface area contributed by atoms with Crippen molar-refractivity contribution in [2.45, 2.75) is 18.1 Å². The molecular formula is C11H9ClF2N2O3S. The van der Waals surface area contributed by atoms with E-state index >= 15 is 0 Å². The van der Waals surface area contributed by atoms with Gasteiger partial charge in [-0.3, -0.25) is 4.57 Å². The van der Waals surface area contributed by atoms with Gasteiger partial charge in [-0.2, -0.15) is 8.78 Å². The van der Waals surface area contributed by atoms with Gasteiger partial charge in [0.2, 0.25) is 0 Å². The van der Waals surface area contributed by atoms with Crippen molar-refractivity contribution < 1.29 is 21.9 Å². The van der Waals surface area contributed by atoms with Crippen molar-refractivity contribution in [3.05, 3.63) is 42.5 Å². The zero-order valence-electron chi connectivity index (χ0n) is 9.91. The molecule has 20 heavy (non-hydrogen) atoms. The lowest BCUT2D eigenvalue weighted by Crippen LogP contribution is -2.07. The Balaban J connectivity index is 2.06. The van der Waals surface area contributed by atoms with E-state index in [1.807, 2.05) is 0 Å². The highest BCUT2D eigenvalue weighted by Crippen LogP contribution is 2.20. The van der Waals surface area contributed by atoms with Gasteiger partial charge in [0.15, 0.2) is 5.82 Å². The molecule has 0 unspecified atom stereocenters. The highest BCUT2D eigenvalue weighted by atomic mass is 35.7. The summed E-state index contributed by atoms with van der Waals surface area (Å²) in [6.07, 6.45) is 2.39. The number of hydrogen-bond acceptors (Lipinski definition) is 4. The zero-order valence-corrected chi connectivity index (χ0v) is 11.5. The van der Waals surface area contributed by atoms with Gasteiger partial charge in [0.05, 0.1) is 4.90 Å². The predicted molar refractivity (Wildman–Crippen MR) is 67.3 cm³/mol. The van der Waals surface area contributed by atoms with Crippen LogP contribution in [0.4, 0.5) is 8.78 Å². The molecule has 0 bridgehead atoms. The van der Waals surface area contributed by atoms with Gasteiger partial charge < -0.3 is 4.74 Å². The molecule has 0 fully saturated rings. The SMILES string of the molecule is O=S(=O)(Cl)c1ccc(OCc2nccn2C(F)F)cc1. The lowest BCUT2D eigenvalue weighted by Gasteiger charge is -2.08. The maximum atomic E-state index is 12.6. The standard InChI is InChI=1S/C11H9ClF2N2O3S/c12-20(17,18)9-3-1-8(2-4-9)19-7-10-15-5-6-16(10)11(13)14/h1-6,11H,7H2. The third kappa shape index (κ3) is 3.45. The van der Waals surface area contributed by atoms with Gasteiger partial charge in [-0.1, -0.05) is 0 Å². The molecule has 1 aromatic carbocycles. The number of ether oxygens (including phenoxy) is 1. The van der Waals surface area contributed by atoms with Crippen molar-refractivity contribution in [3.8, 4) is 5.75 Å². The Morgan fingerprint density at radius 3 is 2.50 bits per heavy atom. The first kappa shape index (κ1) is 14.7. The Kier molecular flexibility index (Phi) is 4.24. The predicted octanol–water partition coefficient (Wildman–Crippen LogP) is 2.78. The van der Waals surface area contributed by atoms with Crippen LogP contribution in [0, 0.1) is 0 Å². The third-order valence-electron chi connectivity index (χ3n) is 2.43. The average molecular weight is 323 g/mol. The van der Waals surface area contributed by atoms with E-state index in [1.165, 1.54) is 30.5 Å². The number of imidazole rings is 1. The fraction of sp³-hybridized carbons (Fsp3) is 0.182. The van der Waals surface area contributed by atoms with E-state index in [0.717, 1.165) is 6.20 Å². The van der Waals surface area contributed by atoms with Crippen LogP contribution in [0.2, 0.25) is 0 Å². The number of rotatable bonds is 5. The molecule has 0 atom stereocenters. The minimum atomic E-state index is -3.79. The Morgan fingerprint density at radius 2 is 1.95 bits per heavy atom. The van der Waals surface area contributed by atoms with Crippen LogP contribution < -0.4 is 4.74 Å². The van der Waals surface area contributed by atoms with Crippen LogP contribution in [-0.4, -0.2) is 18.0 Å². The van der Waals surface area contributed by atoms with Gasteiger partial charge in [0.25, 0.3) is 9.05 Å². The number of nitrogens with zero attached hydrogens (tertiary/aromatic N) is 2. The normalized spacial score (nSPS) is 11.8. The first-order valence-corrected chi connectivity index (χ1v) is 7.66. The molecular weight excluding hydrogens is 314 g/mol. The number of benzene rings is 1. The van der Waals surface area contributed by atoms with E-state index in [2.05, 4.69) is 4.98 Å².